The Morgan fingerprint density at radius 2 is 1.71 bits per heavy atom. The minimum absolute atomic E-state index is 0.508. The minimum atomic E-state index is -0.602. The lowest BCUT2D eigenvalue weighted by Crippen LogP contribution is -2.54. The topological polar surface area (TPSA) is 32.3 Å². The van der Waals surface area contributed by atoms with Gasteiger partial charge in [-0.15, -0.1) is 0 Å². The van der Waals surface area contributed by atoms with E-state index < -0.39 is 5.60 Å². The van der Waals surface area contributed by atoms with Gasteiger partial charge in [0.25, 0.3) is 0 Å². The second-order valence-electron chi connectivity index (χ2n) is 5.80. The van der Waals surface area contributed by atoms with E-state index in [1.807, 2.05) is 0 Å². The number of rotatable bonds is 1. The molecule has 2 heterocycles. The molecule has 0 aromatic heterocycles. The fourth-order valence-electron chi connectivity index (χ4n) is 3.43. The second kappa shape index (κ2) is 4.11. The number of piperidine rings is 2. The molecule has 1 aromatic carbocycles. The molecule has 2 fully saturated rings. The summed E-state index contributed by atoms with van der Waals surface area (Å²) in [5.74, 6) is 0. The van der Waals surface area contributed by atoms with E-state index in [2.05, 4.69) is 36.5 Å². The molecule has 0 amide bonds. The Bertz CT molecular complexity index is 386. The third kappa shape index (κ3) is 2.12. The zero-order valence-electron chi connectivity index (χ0n) is 10.4. The first kappa shape index (κ1) is 11.2. The molecular weight excluding hydrogens is 210 g/mol. The summed E-state index contributed by atoms with van der Waals surface area (Å²) in [5.41, 5.74) is 1.75. The number of benzene rings is 1. The van der Waals surface area contributed by atoms with Crippen LogP contribution >= 0.6 is 0 Å². The smallest absolute Gasteiger partial charge is 0.0926 e. The molecule has 2 unspecified atom stereocenters. The van der Waals surface area contributed by atoms with Crippen molar-refractivity contribution in [3.05, 3.63) is 35.4 Å². The number of hydrogen-bond donors (Lipinski definition) is 2. The maximum absolute atomic E-state index is 10.9. The Labute approximate surface area is 103 Å². The first-order valence-corrected chi connectivity index (χ1v) is 6.71. The van der Waals surface area contributed by atoms with Gasteiger partial charge in [-0.25, -0.2) is 0 Å². The van der Waals surface area contributed by atoms with Crippen molar-refractivity contribution in [3.8, 4) is 0 Å². The summed E-state index contributed by atoms with van der Waals surface area (Å²) >= 11 is 0. The summed E-state index contributed by atoms with van der Waals surface area (Å²) in [5, 5.41) is 14.5. The van der Waals surface area contributed by atoms with Gasteiger partial charge in [-0.1, -0.05) is 36.2 Å². The molecule has 2 saturated heterocycles. The summed E-state index contributed by atoms with van der Waals surface area (Å²) in [4.78, 5) is 0. The lowest BCUT2D eigenvalue weighted by molar-refractivity contribution is -0.0358. The van der Waals surface area contributed by atoms with Gasteiger partial charge in [0, 0.05) is 12.1 Å². The second-order valence-corrected chi connectivity index (χ2v) is 5.80. The Morgan fingerprint density at radius 3 is 2.29 bits per heavy atom. The highest BCUT2D eigenvalue weighted by Gasteiger charge is 2.41. The molecule has 2 atom stereocenters. The SMILES string of the molecule is Cc1ccc(C2(O)CC3CCCC(C2)N3)cc1. The summed E-state index contributed by atoms with van der Waals surface area (Å²) in [6, 6.07) is 9.41. The number of fused-ring (bicyclic) bond motifs is 2. The highest BCUT2D eigenvalue weighted by molar-refractivity contribution is 5.28. The molecule has 92 valence electrons. The molecule has 1 aromatic rings. The molecule has 2 nitrogen and oxygen atoms in total. The van der Waals surface area contributed by atoms with Crippen LogP contribution in [0.4, 0.5) is 0 Å². The lowest BCUT2D eigenvalue weighted by Gasteiger charge is -2.45. The summed E-state index contributed by atoms with van der Waals surface area (Å²) < 4.78 is 0. The number of hydrogen-bond acceptors (Lipinski definition) is 2. The van der Waals surface area contributed by atoms with Gasteiger partial charge < -0.3 is 10.4 Å². The van der Waals surface area contributed by atoms with Gasteiger partial charge in [-0.2, -0.15) is 0 Å². The largest absolute Gasteiger partial charge is 0.385 e. The number of aryl methyl sites for hydroxylation is 1. The van der Waals surface area contributed by atoms with E-state index in [-0.39, 0.29) is 0 Å². The normalized spacial score (nSPS) is 36.8. The quantitative estimate of drug-likeness (QED) is 0.778. The Kier molecular flexibility index (Phi) is 2.72. The Hall–Kier alpha value is -0.860. The molecule has 0 aliphatic carbocycles. The lowest BCUT2D eigenvalue weighted by atomic mass is 9.74. The third-order valence-corrected chi connectivity index (χ3v) is 4.33. The maximum Gasteiger partial charge on any atom is 0.0926 e. The number of nitrogens with one attached hydrogen (secondary N) is 1. The van der Waals surface area contributed by atoms with E-state index in [1.54, 1.807) is 0 Å². The van der Waals surface area contributed by atoms with E-state index >= 15 is 0 Å². The minimum Gasteiger partial charge on any atom is -0.385 e. The van der Waals surface area contributed by atoms with Gasteiger partial charge in [-0.05, 0) is 38.2 Å². The molecule has 0 saturated carbocycles. The van der Waals surface area contributed by atoms with Crippen LogP contribution in [-0.2, 0) is 5.60 Å². The standard InChI is InChI=1S/C15H21NO/c1-11-5-7-12(8-6-11)15(17)9-13-3-2-4-14(10-15)16-13/h5-8,13-14,16-17H,2-4,9-10H2,1H3. The van der Waals surface area contributed by atoms with Crippen molar-refractivity contribution in [3.63, 3.8) is 0 Å². The molecule has 2 aliphatic heterocycles. The molecular formula is C15H21NO. The van der Waals surface area contributed by atoms with Crippen LogP contribution in [0.5, 0.6) is 0 Å². The summed E-state index contributed by atoms with van der Waals surface area (Å²) in [6.45, 7) is 2.09. The average Bonchev–Trinajstić information content (AvgIpc) is 2.29. The zero-order valence-corrected chi connectivity index (χ0v) is 10.4. The van der Waals surface area contributed by atoms with Gasteiger partial charge in [-0.3, -0.25) is 0 Å². The van der Waals surface area contributed by atoms with Gasteiger partial charge >= 0.3 is 0 Å². The van der Waals surface area contributed by atoms with Gasteiger partial charge in [0.15, 0.2) is 0 Å². The van der Waals surface area contributed by atoms with Crippen molar-refractivity contribution < 1.29 is 5.11 Å². The first-order chi connectivity index (χ1) is 8.16. The molecule has 2 bridgehead atoms. The predicted octanol–water partition coefficient (Wildman–Crippen LogP) is 2.49. The van der Waals surface area contributed by atoms with Gasteiger partial charge in [0.05, 0.1) is 5.60 Å². The van der Waals surface area contributed by atoms with Crippen molar-refractivity contribution in [2.24, 2.45) is 0 Å². The average molecular weight is 231 g/mol. The van der Waals surface area contributed by atoms with E-state index in [9.17, 15) is 5.11 Å². The van der Waals surface area contributed by atoms with E-state index in [0.29, 0.717) is 12.1 Å². The predicted molar refractivity (Wildman–Crippen MR) is 68.9 cm³/mol. The molecule has 2 N–H and O–H groups in total. The fraction of sp³-hybridized carbons (Fsp3) is 0.600. The van der Waals surface area contributed by atoms with Gasteiger partial charge in [0.2, 0.25) is 0 Å². The highest BCUT2D eigenvalue weighted by Crippen LogP contribution is 2.39. The molecule has 17 heavy (non-hydrogen) atoms. The van der Waals surface area contributed by atoms with E-state index in [1.165, 1.54) is 24.8 Å². The van der Waals surface area contributed by atoms with E-state index in [0.717, 1.165) is 18.4 Å². The van der Waals surface area contributed by atoms with Crippen LogP contribution < -0.4 is 5.32 Å². The van der Waals surface area contributed by atoms with Crippen molar-refractivity contribution in [2.75, 3.05) is 0 Å². The summed E-state index contributed by atoms with van der Waals surface area (Å²) in [6.07, 6.45) is 5.47. The first-order valence-electron chi connectivity index (χ1n) is 6.71. The van der Waals surface area contributed by atoms with Crippen molar-refractivity contribution >= 4 is 0 Å². The molecule has 2 heteroatoms. The molecule has 0 spiro atoms. The third-order valence-electron chi connectivity index (χ3n) is 4.33. The Balaban J connectivity index is 1.87. The van der Waals surface area contributed by atoms with Crippen molar-refractivity contribution in [1.82, 2.24) is 5.32 Å². The van der Waals surface area contributed by atoms with E-state index in [4.69, 9.17) is 0 Å². The summed E-state index contributed by atoms with van der Waals surface area (Å²) in [7, 11) is 0. The van der Waals surface area contributed by atoms with Crippen LogP contribution in [0.1, 0.15) is 43.2 Å². The van der Waals surface area contributed by atoms with Crippen LogP contribution in [0.2, 0.25) is 0 Å². The van der Waals surface area contributed by atoms with Crippen LogP contribution in [-0.4, -0.2) is 17.2 Å². The zero-order chi connectivity index (χ0) is 11.9. The van der Waals surface area contributed by atoms with Crippen LogP contribution in [0, 0.1) is 6.92 Å². The van der Waals surface area contributed by atoms with Crippen molar-refractivity contribution in [1.29, 1.82) is 0 Å². The van der Waals surface area contributed by atoms with Crippen molar-refractivity contribution in [2.45, 2.75) is 56.7 Å². The number of aliphatic hydroxyl groups is 1. The highest BCUT2D eigenvalue weighted by atomic mass is 16.3. The Morgan fingerprint density at radius 1 is 1.12 bits per heavy atom. The fourth-order valence-corrected chi connectivity index (χ4v) is 3.43. The van der Waals surface area contributed by atoms with Crippen LogP contribution in [0.15, 0.2) is 24.3 Å². The monoisotopic (exact) mass is 231 g/mol. The molecule has 3 rings (SSSR count). The molecule has 2 aliphatic rings. The van der Waals surface area contributed by atoms with Crippen LogP contribution in [0.25, 0.3) is 0 Å². The van der Waals surface area contributed by atoms with Crippen LogP contribution in [0.3, 0.4) is 0 Å². The van der Waals surface area contributed by atoms with Gasteiger partial charge in [0.1, 0.15) is 0 Å². The maximum atomic E-state index is 10.9. The molecule has 0 radical (unpaired) electrons.